The lowest BCUT2D eigenvalue weighted by molar-refractivity contribution is 0.0281. The van der Waals surface area contributed by atoms with Crippen LogP contribution in [-0.2, 0) is 11.3 Å². The minimum absolute atomic E-state index is 0.361. The molecular formula is C12H20N4O. The Morgan fingerprint density at radius 1 is 1.65 bits per heavy atom. The van der Waals surface area contributed by atoms with Crippen molar-refractivity contribution in [3.8, 4) is 0 Å². The van der Waals surface area contributed by atoms with E-state index in [9.17, 15) is 0 Å². The van der Waals surface area contributed by atoms with Gasteiger partial charge in [-0.25, -0.2) is 0 Å². The van der Waals surface area contributed by atoms with Crippen molar-refractivity contribution in [1.82, 2.24) is 9.88 Å². The summed E-state index contributed by atoms with van der Waals surface area (Å²) >= 11 is 0. The minimum Gasteiger partial charge on any atom is -0.380 e. The first-order chi connectivity index (χ1) is 8.31. The molecule has 1 aliphatic rings. The Bertz CT molecular complexity index is 358. The Kier molecular flexibility index (Phi) is 4.30. The first kappa shape index (κ1) is 12.3. The predicted octanol–water partition coefficient (Wildman–Crippen LogP) is 0.978. The fraction of sp³-hybridized carbons (Fsp3) is 0.583. The van der Waals surface area contributed by atoms with E-state index in [0.29, 0.717) is 6.10 Å². The number of nitrogens with zero attached hydrogens (tertiary/aromatic N) is 2. The highest BCUT2D eigenvalue weighted by atomic mass is 16.5. The standard InChI is InChI=1S/C12H20N4O/c1-17-12-3-2-6-16(9-12)8-11-7-10(15-13)4-5-14-11/h4-5,7,12H,2-3,6,8-9,13H2,1H3,(H,14,15). The van der Waals surface area contributed by atoms with Gasteiger partial charge in [0.05, 0.1) is 17.5 Å². The molecule has 3 N–H and O–H groups in total. The monoisotopic (exact) mass is 236 g/mol. The zero-order valence-corrected chi connectivity index (χ0v) is 10.2. The highest BCUT2D eigenvalue weighted by Crippen LogP contribution is 2.15. The van der Waals surface area contributed by atoms with Crippen LogP contribution >= 0.6 is 0 Å². The van der Waals surface area contributed by atoms with E-state index in [-0.39, 0.29) is 0 Å². The number of hydrogen-bond acceptors (Lipinski definition) is 5. The molecule has 2 heterocycles. The van der Waals surface area contributed by atoms with Gasteiger partial charge in [-0.2, -0.15) is 0 Å². The summed E-state index contributed by atoms with van der Waals surface area (Å²) in [4.78, 5) is 6.73. The molecule has 1 unspecified atom stereocenters. The summed E-state index contributed by atoms with van der Waals surface area (Å²) in [7, 11) is 1.78. The Labute approximate surface area is 102 Å². The number of ether oxygens (including phenoxy) is 1. The third-order valence-electron chi connectivity index (χ3n) is 3.16. The van der Waals surface area contributed by atoms with Gasteiger partial charge in [0.15, 0.2) is 0 Å². The maximum Gasteiger partial charge on any atom is 0.0698 e. The molecule has 1 saturated heterocycles. The van der Waals surface area contributed by atoms with Crippen molar-refractivity contribution in [3.05, 3.63) is 24.0 Å². The predicted molar refractivity (Wildman–Crippen MR) is 67.4 cm³/mol. The summed E-state index contributed by atoms with van der Waals surface area (Å²) in [6, 6.07) is 3.84. The average Bonchev–Trinajstić information content (AvgIpc) is 2.39. The molecule has 0 bridgehead atoms. The van der Waals surface area contributed by atoms with Crippen LogP contribution in [0.2, 0.25) is 0 Å². The van der Waals surface area contributed by atoms with E-state index in [1.807, 2.05) is 12.1 Å². The van der Waals surface area contributed by atoms with Crippen LogP contribution < -0.4 is 11.3 Å². The molecule has 17 heavy (non-hydrogen) atoms. The Hall–Kier alpha value is -1.17. The van der Waals surface area contributed by atoms with E-state index >= 15 is 0 Å². The number of nitrogens with two attached hydrogens (primary N) is 1. The van der Waals surface area contributed by atoms with Crippen molar-refractivity contribution in [3.63, 3.8) is 0 Å². The molecule has 0 amide bonds. The molecule has 1 aliphatic heterocycles. The molecule has 94 valence electrons. The number of piperidine rings is 1. The lowest BCUT2D eigenvalue weighted by Gasteiger charge is -2.31. The number of pyridine rings is 1. The molecule has 0 aliphatic carbocycles. The van der Waals surface area contributed by atoms with Crippen molar-refractivity contribution in [2.75, 3.05) is 25.6 Å². The Morgan fingerprint density at radius 2 is 2.53 bits per heavy atom. The van der Waals surface area contributed by atoms with Crippen LogP contribution in [-0.4, -0.2) is 36.2 Å². The third-order valence-corrected chi connectivity index (χ3v) is 3.16. The molecule has 5 heteroatoms. The van der Waals surface area contributed by atoms with E-state index in [2.05, 4.69) is 15.3 Å². The number of methoxy groups -OCH3 is 1. The van der Waals surface area contributed by atoms with Crippen LogP contribution in [0.15, 0.2) is 18.3 Å². The van der Waals surface area contributed by atoms with Gasteiger partial charge in [-0.05, 0) is 31.5 Å². The van der Waals surface area contributed by atoms with Crippen LogP contribution in [0.5, 0.6) is 0 Å². The number of likely N-dealkylation sites (tertiary alicyclic amines) is 1. The first-order valence-corrected chi connectivity index (χ1v) is 5.98. The van der Waals surface area contributed by atoms with Crippen molar-refractivity contribution >= 4 is 5.69 Å². The second-order valence-electron chi connectivity index (χ2n) is 4.42. The van der Waals surface area contributed by atoms with E-state index in [4.69, 9.17) is 10.6 Å². The van der Waals surface area contributed by atoms with E-state index in [1.54, 1.807) is 13.3 Å². The second-order valence-corrected chi connectivity index (χ2v) is 4.42. The summed E-state index contributed by atoms with van der Waals surface area (Å²) in [5, 5.41) is 0. The van der Waals surface area contributed by atoms with Crippen LogP contribution in [0, 0.1) is 0 Å². The summed E-state index contributed by atoms with van der Waals surface area (Å²) < 4.78 is 5.41. The van der Waals surface area contributed by atoms with Gasteiger partial charge in [0.2, 0.25) is 0 Å². The van der Waals surface area contributed by atoms with Crippen LogP contribution in [0.25, 0.3) is 0 Å². The largest absolute Gasteiger partial charge is 0.380 e. The first-order valence-electron chi connectivity index (χ1n) is 5.98. The average molecular weight is 236 g/mol. The van der Waals surface area contributed by atoms with E-state index < -0.39 is 0 Å². The molecule has 2 rings (SSSR count). The van der Waals surface area contributed by atoms with Gasteiger partial charge < -0.3 is 10.2 Å². The molecule has 0 saturated carbocycles. The number of nitrogens with one attached hydrogen (secondary N) is 1. The highest BCUT2D eigenvalue weighted by Gasteiger charge is 2.19. The molecule has 0 aromatic carbocycles. The van der Waals surface area contributed by atoms with Gasteiger partial charge in [0, 0.05) is 26.4 Å². The molecule has 1 fully saturated rings. The molecule has 0 radical (unpaired) electrons. The van der Waals surface area contributed by atoms with Crippen molar-refractivity contribution in [1.29, 1.82) is 0 Å². The van der Waals surface area contributed by atoms with Gasteiger partial charge in [-0.1, -0.05) is 0 Å². The zero-order valence-electron chi connectivity index (χ0n) is 10.2. The van der Waals surface area contributed by atoms with E-state index in [1.165, 1.54) is 6.42 Å². The highest BCUT2D eigenvalue weighted by molar-refractivity contribution is 5.41. The smallest absolute Gasteiger partial charge is 0.0698 e. The molecule has 0 spiro atoms. The van der Waals surface area contributed by atoms with Crippen LogP contribution in [0.1, 0.15) is 18.5 Å². The third kappa shape index (κ3) is 3.39. The number of rotatable bonds is 4. The maximum absolute atomic E-state index is 5.41. The quantitative estimate of drug-likeness (QED) is 0.602. The SMILES string of the molecule is COC1CCCN(Cc2cc(NN)ccn2)C1. The van der Waals surface area contributed by atoms with Crippen molar-refractivity contribution < 1.29 is 4.74 Å². The fourth-order valence-electron chi connectivity index (χ4n) is 2.23. The summed E-state index contributed by atoms with van der Waals surface area (Å²) in [6.07, 6.45) is 4.49. The normalized spacial score (nSPS) is 21.4. The van der Waals surface area contributed by atoms with Crippen molar-refractivity contribution in [2.24, 2.45) is 5.84 Å². The Balaban J connectivity index is 1.95. The number of aromatic nitrogens is 1. The van der Waals surface area contributed by atoms with Crippen LogP contribution in [0.3, 0.4) is 0 Å². The van der Waals surface area contributed by atoms with Gasteiger partial charge in [-0.3, -0.25) is 15.7 Å². The van der Waals surface area contributed by atoms with E-state index in [0.717, 1.165) is 37.4 Å². The number of anilines is 1. The zero-order chi connectivity index (χ0) is 12.1. The molecule has 1 atom stereocenters. The maximum atomic E-state index is 5.41. The summed E-state index contributed by atoms with van der Waals surface area (Å²) in [5.41, 5.74) is 4.58. The molecule has 1 aromatic rings. The number of hydrazine groups is 1. The van der Waals surface area contributed by atoms with Gasteiger partial charge in [0.25, 0.3) is 0 Å². The lowest BCUT2D eigenvalue weighted by Crippen LogP contribution is -2.38. The Morgan fingerprint density at radius 3 is 3.29 bits per heavy atom. The summed E-state index contributed by atoms with van der Waals surface area (Å²) in [5.74, 6) is 5.38. The molecular weight excluding hydrogens is 216 g/mol. The second kappa shape index (κ2) is 5.95. The number of nitrogen functional groups attached to an aromatic ring is 1. The summed E-state index contributed by atoms with van der Waals surface area (Å²) in [6.45, 7) is 2.95. The lowest BCUT2D eigenvalue weighted by atomic mass is 10.1. The molecule has 5 nitrogen and oxygen atoms in total. The minimum atomic E-state index is 0.361. The van der Waals surface area contributed by atoms with Crippen LogP contribution in [0.4, 0.5) is 5.69 Å². The van der Waals surface area contributed by atoms with Gasteiger partial charge >= 0.3 is 0 Å². The fourth-order valence-corrected chi connectivity index (χ4v) is 2.23. The number of hydrogen-bond donors (Lipinski definition) is 2. The van der Waals surface area contributed by atoms with Crippen molar-refractivity contribution in [2.45, 2.75) is 25.5 Å². The topological polar surface area (TPSA) is 63.4 Å². The van der Waals surface area contributed by atoms with Gasteiger partial charge in [0.1, 0.15) is 0 Å². The molecule has 1 aromatic heterocycles. The van der Waals surface area contributed by atoms with Gasteiger partial charge in [-0.15, -0.1) is 0 Å².